The average molecular weight is 443 g/mol. The van der Waals surface area contributed by atoms with Crippen molar-refractivity contribution in [3.8, 4) is 0 Å². The van der Waals surface area contributed by atoms with Crippen molar-refractivity contribution in [3.05, 3.63) is 65.5 Å². The number of halogens is 1. The molecular formula is C23H29ClN5O2. The van der Waals surface area contributed by atoms with Crippen LogP contribution in [-0.2, 0) is 16.0 Å². The molecule has 4 N–H and O–H groups in total. The van der Waals surface area contributed by atoms with Gasteiger partial charge in [-0.15, -0.1) is 0 Å². The normalized spacial score (nSPS) is 14.9. The molecule has 1 atom stereocenters. The summed E-state index contributed by atoms with van der Waals surface area (Å²) in [4.78, 5) is 28.1. The van der Waals surface area contributed by atoms with E-state index in [0.29, 0.717) is 44.2 Å². The molecule has 1 saturated heterocycles. The number of benzene rings is 2. The number of carbonyl (C=O) groups is 2. The molecule has 0 bridgehead atoms. The molecule has 7 nitrogen and oxygen atoms in total. The molecular weight excluding hydrogens is 414 g/mol. The number of rotatable bonds is 8. The van der Waals surface area contributed by atoms with E-state index in [9.17, 15) is 9.59 Å². The van der Waals surface area contributed by atoms with Crippen LogP contribution in [0.15, 0.2) is 48.5 Å². The summed E-state index contributed by atoms with van der Waals surface area (Å²) in [5.74, 6) is 5.54. The number of hydrazine groups is 1. The monoisotopic (exact) mass is 442 g/mol. The predicted octanol–water partition coefficient (Wildman–Crippen LogP) is 2.24. The van der Waals surface area contributed by atoms with Crippen molar-refractivity contribution in [2.45, 2.75) is 13.3 Å². The van der Waals surface area contributed by atoms with E-state index in [1.54, 1.807) is 18.4 Å². The summed E-state index contributed by atoms with van der Waals surface area (Å²) in [7, 11) is 0. The van der Waals surface area contributed by atoms with Gasteiger partial charge in [0, 0.05) is 37.7 Å². The molecule has 3 rings (SSSR count). The molecule has 0 aromatic heterocycles. The Labute approximate surface area is 188 Å². The van der Waals surface area contributed by atoms with Crippen LogP contribution in [0, 0.1) is 12.3 Å². The number of piperazine rings is 1. The number of primary amides is 1. The molecule has 31 heavy (non-hydrogen) atoms. The van der Waals surface area contributed by atoms with E-state index in [1.807, 2.05) is 53.4 Å². The van der Waals surface area contributed by atoms with Gasteiger partial charge in [-0.2, -0.15) is 0 Å². The molecule has 2 amide bonds. The fourth-order valence-electron chi connectivity index (χ4n) is 3.58. The van der Waals surface area contributed by atoms with E-state index in [-0.39, 0.29) is 17.7 Å². The van der Waals surface area contributed by atoms with Crippen molar-refractivity contribution in [3.63, 3.8) is 0 Å². The number of amides is 2. The van der Waals surface area contributed by atoms with E-state index in [2.05, 4.69) is 4.90 Å². The number of hydrogen-bond donors (Lipinski definition) is 2. The van der Waals surface area contributed by atoms with Crippen LogP contribution in [0.3, 0.4) is 0 Å². The molecule has 1 heterocycles. The topological polar surface area (TPSA) is 95.9 Å². The number of hydrogen-bond acceptors (Lipinski definition) is 5. The minimum atomic E-state index is -0.380. The summed E-state index contributed by atoms with van der Waals surface area (Å²) in [6, 6.07) is 15.3. The summed E-state index contributed by atoms with van der Waals surface area (Å²) in [6.07, 6.45) is 2.30. The summed E-state index contributed by atoms with van der Waals surface area (Å²) < 4.78 is 0. The molecule has 0 aliphatic carbocycles. The van der Waals surface area contributed by atoms with Crippen LogP contribution in [0.5, 0.6) is 0 Å². The van der Waals surface area contributed by atoms with Gasteiger partial charge in [-0.05, 0) is 36.2 Å². The minimum absolute atomic E-state index is 0.0404. The van der Waals surface area contributed by atoms with Crippen LogP contribution in [0.25, 0.3) is 0 Å². The zero-order valence-electron chi connectivity index (χ0n) is 17.7. The third-order valence-electron chi connectivity index (χ3n) is 5.51. The Morgan fingerprint density at radius 1 is 1.10 bits per heavy atom. The molecule has 0 saturated carbocycles. The summed E-state index contributed by atoms with van der Waals surface area (Å²) in [5.41, 5.74) is 8.25. The minimum Gasteiger partial charge on any atom is -0.369 e. The van der Waals surface area contributed by atoms with Crippen molar-refractivity contribution >= 4 is 34.8 Å². The van der Waals surface area contributed by atoms with Gasteiger partial charge in [-0.3, -0.25) is 9.59 Å². The van der Waals surface area contributed by atoms with Gasteiger partial charge in [0.25, 0.3) is 0 Å². The lowest BCUT2D eigenvalue weighted by Gasteiger charge is -2.38. The number of para-hydroxylation sites is 2. The van der Waals surface area contributed by atoms with Crippen LogP contribution < -0.4 is 21.5 Å². The van der Waals surface area contributed by atoms with Gasteiger partial charge in [-0.25, -0.2) is 5.84 Å². The summed E-state index contributed by atoms with van der Waals surface area (Å²) >= 11 is 5.91. The number of nitrogens with zero attached hydrogens (tertiary/aromatic N) is 3. The lowest BCUT2D eigenvalue weighted by Crippen LogP contribution is -2.49. The van der Waals surface area contributed by atoms with Crippen molar-refractivity contribution in [2.75, 3.05) is 42.6 Å². The summed E-state index contributed by atoms with van der Waals surface area (Å²) in [6.45, 7) is 4.77. The number of carbonyl (C=O) groups excluding carboxylic acids is 2. The van der Waals surface area contributed by atoms with Crippen LogP contribution in [0.2, 0.25) is 5.02 Å². The highest BCUT2D eigenvalue weighted by Crippen LogP contribution is 2.29. The zero-order valence-corrected chi connectivity index (χ0v) is 18.5. The van der Waals surface area contributed by atoms with Crippen LogP contribution in [-0.4, -0.2) is 49.4 Å². The van der Waals surface area contributed by atoms with Gasteiger partial charge >= 0.3 is 0 Å². The summed E-state index contributed by atoms with van der Waals surface area (Å²) in [5, 5.41) is 2.26. The Morgan fingerprint density at radius 2 is 1.74 bits per heavy atom. The molecule has 8 heteroatoms. The zero-order chi connectivity index (χ0) is 22.4. The van der Waals surface area contributed by atoms with E-state index in [1.165, 1.54) is 0 Å². The highest BCUT2D eigenvalue weighted by molar-refractivity contribution is 6.30. The third-order valence-corrected chi connectivity index (χ3v) is 5.76. The van der Waals surface area contributed by atoms with Crippen molar-refractivity contribution in [1.82, 2.24) is 4.90 Å². The molecule has 2 aromatic carbocycles. The quantitative estimate of drug-likeness (QED) is 0.482. The van der Waals surface area contributed by atoms with Crippen molar-refractivity contribution in [1.29, 1.82) is 0 Å². The fraction of sp³-hybridized carbons (Fsp3) is 0.348. The lowest BCUT2D eigenvalue weighted by molar-refractivity contribution is -0.128. The maximum Gasteiger partial charge on any atom is 0.226 e. The maximum absolute atomic E-state index is 12.6. The number of anilines is 2. The van der Waals surface area contributed by atoms with Crippen LogP contribution >= 0.6 is 11.6 Å². The molecule has 1 aliphatic rings. The average Bonchev–Trinajstić information content (AvgIpc) is 2.78. The Morgan fingerprint density at radius 3 is 2.39 bits per heavy atom. The second kappa shape index (κ2) is 10.5. The number of nitrogens with two attached hydrogens (primary N) is 2. The van der Waals surface area contributed by atoms with Crippen LogP contribution in [0.4, 0.5) is 11.4 Å². The van der Waals surface area contributed by atoms with Gasteiger partial charge in [0.05, 0.1) is 23.7 Å². The first-order chi connectivity index (χ1) is 14.8. The first-order valence-electron chi connectivity index (χ1n) is 10.4. The first kappa shape index (κ1) is 22.9. The van der Waals surface area contributed by atoms with E-state index in [4.69, 9.17) is 23.2 Å². The Kier molecular flexibility index (Phi) is 7.76. The predicted molar refractivity (Wildman–Crippen MR) is 125 cm³/mol. The SMILES string of the molecule is CC(CN(N)c1ccccc1N1CCN(C(=O)[CH]Cc2ccc(Cl)cc2)CC1)C(N)=O. The van der Waals surface area contributed by atoms with Crippen molar-refractivity contribution in [2.24, 2.45) is 17.5 Å². The van der Waals surface area contributed by atoms with E-state index >= 15 is 0 Å². The molecule has 1 unspecified atom stereocenters. The van der Waals surface area contributed by atoms with Gasteiger partial charge in [0.2, 0.25) is 11.8 Å². The van der Waals surface area contributed by atoms with Crippen LogP contribution in [0.1, 0.15) is 12.5 Å². The molecule has 165 valence electrons. The third kappa shape index (κ3) is 6.12. The molecule has 1 fully saturated rings. The van der Waals surface area contributed by atoms with E-state index < -0.39 is 0 Å². The largest absolute Gasteiger partial charge is 0.369 e. The Hall–Kier alpha value is -2.77. The lowest BCUT2D eigenvalue weighted by atomic mass is 10.1. The van der Waals surface area contributed by atoms with Crippen molar-refractivity contribution < 1.29 is 9.59 Å². The van der Waals surface area contributed by atoms with Gasteiger partial charge < -0.3 is 20.5 Å². The van der Waals surface area contributed by atoms with E-state index in [0.717, 1.165) is 16.9 Å². The second-order valence-corrected chi connectivity index (χ2v) is 8.23. The Balaban J connectivity index is 1.56. The molecule has 2 aromatic rings. The fourth-order valence-corrected chi connectivity index (χ4v) is 3.71. The highest BCUT2D eigenvalue weighted by Gasteiger charge is 2.24. The van der Waals surface area contributed by atoms with Gasteiger partial charge in [0.1, 0.15) is 0 Å². The van der Waals surface area contributed by atoms with Gasteiger partial charge in [0.15, 0.2) is 0 Å². The maximum atomic E-state index is 12.6. The standard InChI is InChI=1S/C23H29ClN5O2/c1-17(23(25)31)16-29(26)21-5-3-2-4-20(21)27-12-14-28(15-13-27)22(30)11-8-18-6-9-19(24)10-7-18/h2-7,9-11,17H,8,12-16,26H2,1H3,(H2,25,31). The molecule has 1 aliphatic heterocycles. The first-order valence-corrected chi connectivity index (χ1v) is 10.7. The highest BCUT2D eigenvalue weighted by atomic mass is 35.5. The Bertz CT molecular complexity index is 897. The van der Waals surface area contributed by atoms with Gasteiger partial charge in [-0.1, -0.05) is 42.8 Å². The molecule has 0 spiro atoms. The second-order valence-electron chi connectivity index (χ2n) is 7.79. The molecule has 1 radical (unpaired) electrons. The smallest absolute Gasteiger partial charge is 0.226 e.